The molecule has 3 heteroatoms. The Balaban J connectivity index is 3.47. The predicted octanol–water partition coefficient (Wildman–Crippen LogP) is 1.80. The highest BCUT2D eigenvalue weighted by Gasteiger charge is 2.08. The molecule has 0 aromatic rings. The molecule has 2 N–H and O–H groups in total. The van der Waals surface area contributed by atoms with E-state index in [4.69, 9.17) is 5.11 Å². The van der Waals surface area contributed by atoms with Gasteiger partial charge in [0, 0.05) is 11.1 Å². The average molecular weight is 185 g/mol. The Morgan fingerprint density at radius 2 is 2.00 bits per heavy atom. The quantitative estimate of drug-likeness (QED) is 0.507. The molecule has 0 saturated heterocycles. The van der Waals surface area contributed by atoms with E-state index in [2.05, 4.69) is 32.7 Å². The number of carboxylic acid groups (broad SMARTS) is 1. The molecule has 0 radical (unpaired) electrons. The zero-order valence-corrected chi connectivity index (χ0v) is 8.68. The molecule has 0 aromatic heterocycles. The molecule has 0 spiro atoms. The lowest BCUT2D eigenvalue weighted by molar-refractivity contribution is -0.132. The number of hydrogen-bond acceptors (Lipinski definition) is 2. The first-order valence-corrected chi connectivity index (χ1v) is 4.49. The molecule has 0 fully saturated rings. The first-order chi connectivity index (χ1) is 5.83. The number of rotatable bonds is 5. The van der Waals surface area contributed by atoms with Gasteiger partial charge in [-0.05, 0) is 40.2 Å². The van der Waals surface area contributed by atoms with Gasteiger partial charge in [0.2, 0.25) is 0 Å². The van der Waals surface area contributed by atoms with Gasteiger partial charge < -0.3 is 10.4 Å². The summed E-state index contributed by atoms with van der Waals surface area (Å²) in [5.74, 6) is -0.893. The lowest BCUT2D eigenvalue weighted by Crippen LogP contribution is -2.36. The summed E-state index contributed by atoms with van der Waals surface area (Å²) in [5.41, 5.74) is 0.389. The Kier molecular flexibility index (Phi) is 4.70. The summed E-state index contributed by atoms with van der Waals surface area (Å²) in [5, 5.41) is 11.8. The van der Waals surface area contributed by atoms with Crippen molar-refractivity contribution in [3.05, 3.63) is 12.2 Å². The van der Waals surface area contributed by atoms with E-state index in [0.717, 1.165) is 13.0 Å². The van der Waals surface area contributed by atoms with E-state index in [0.29, 0.717) is 6.42 Å². The third kappa shape index (κ3) is 7.53. The number of aliphatic carboxylic acids is 1. The molecule has 0 aliphatic rings. The molecule has 3 nitrogen and oxygen atoms in total. The van der Waals surface area contributed by atoms with Crippen LogP contribution in [-0.2, 0) is 4.79 Å². The van der Waals surface area contributed by atoms with E-state index in [1.54, 1.807) is 0 Å². The van der Waals surface area contributed by atoms with Gasteiger partial charge in [-0.1, -0.05) is 6.58 Å². The van der Waals surface area contributed by atoms with Crippen LogP contribution in [0.4, 0.5) is 0 Å². The molecule has 0 rings (SSSR count). The van der Waals surface area contributed by atoms with Crippen LogP contribution in [0, 0.1) is 0 Å². The molecule has 0 saturated carbocycles. The van der Waals surface area contributed by atoms with Gasteiger partial charge >= 0.3 is 5.97 Å². The zero-order valence-electron chi connectivity index (χ0n) is 8.68. The van der Waals surface area contributed by atoms with Crippen LogP contribution < -0.4 is 5.32 Å². The fourth-order valence-corrected chi connectivity index (χ4v) is 0.872. The minimum absolute atomic E-state index is 0.102. The summed E-state index contributed by atoms with van der Waals surface area (Å²) >= 11 is 0. The molecular weight excluding hydrogens is 166 g/mol. The SMILES string of the molecule is C=C(CCCNC(C)(C)C)C(=O)O. The number of nitrogens with one attached hydrogen (secondary N) is 1. The predicted molar refractivity (Wildman–Crippen MR) is 53.8 cm³/mol. The third-order valence-electron chi connectivity index (χ3n) is 1.61. The molecule has 13 heavy (non-hydrogen) atoms. The fraction of sp³-hybridized carbons (Fsp3) is 0.700. The largest absolute Gasteiger partial charge is 0.478 e. The van der Waals surface area contributed by atoms with Gasteiger partial charge in [-0.3, -0.25) is 0 Å². The van der Waals surface area contributed by atoms with Crippen LogP contribution in [0.2, 0.25) is 0 Å². The van der Waals surface area contributed by atoms with Gasteiger partial charge in [0.15, 0.2) is 0 Å². The fourth-order valence-electron chi connectivity index (χ4n) is 0.872. The second-order valence-electron chi connectivity index (χ2n) is 4.19. The van der Waals surface area contributed by atoms with E-state index in [9.17, 15) is 4.79 Å². The molecule has 0 aromatic carbocycles. The van der Waals surface area contributed by atoms with E-state index >= 15 is 0 Å². The van der Waals surface area contributed by atoms with E-state index in [-0.39, 0.29) is 11.1 Å². The van der Waals surface area contributed by atoms with Gasteiger partial charge in [-0.25, -0.2) is 4.79 Å². The Hall–Kier alpha value is -0.830. The van der Waals surface area contributed by atoms with Crippen LogP contribution in [0.5, 0.6) is 0 Å². The third-order valence-corrected chi connectivity index (χ3v) is 1.61. The maximum atomic E-state index is 10.4. The summed E-state index contributed by atoms with van der Waals surface area (Å²) < 4.78 is 0. The van der Waals surface area contributed by atoms with Crippen LogP contribution in [0.15, 0.2) is 12.2 Å². The van der Waals surface area contributed by atoms with Crippen molar-refractivity contribution in [3.8, 4) is 0 Å². The maximum absolute atomic E-state index is 10.4. The molecule has 0 aliphatic heterocycles. The maximum Gasteiger partial charge on any atom is 0.330 e. The van der Waals surface area contributed by atoms with Crippen LogP contribution in [0.25, 0.3) is 0 Å². The second-order valence-corrected chi connectivity index (χ2v) is 4.19. The zero-order chi connectivity index (χ0) is 10.5. The van der Waals surface area contributed by atoms with Crippen molar-refractivity contribution in [2.24, 2.45) is 0 Å². The van der Waals surface area contributed by atoms with Gasteiger partial charge in [-0.15, -0.1) is 0 Å². The lowest BCUT2D eigenvalue weighted by atomic mass is 10.1. The van der Waals surface area contributed by atoms with Crippen molar-refractivity contribution in [2.45, 2.75) is 39.2 Å². The Bertz CT molecular complexity index is 192. The minimum Gasteiger partial charge on any atom is -0.478 e. The van der Waals surface area contributed by atoms with Gasteiger partial charge in [0.1, 0.15) is 0 Å². The number of hydrogen-bond donors (Lipinski definition) is 2. The minimum atomic E-state index is -0.893. The summed E-state index contributed by atoms with van der Waals surface area (Å²) in [6, 6.07) is 0. The van der Waals surface area contributed by atoms with Gasteiger partial charge in [-0.2, -0.15) is 0 Å². The number of carbonyl (C=O) groups is 1. The summed E-state index contributed by atoms with van der Waals surface area (Å²) in [4.78, 5) is 10.4. The molecule has 0 heterocycles. The normalized spacial score (nSPS) is 11.3. The van der Waals surface area contributed by atoms with E-state index < -0.39 is 5.97 Å². The van der Waals surface area contributed by atoms with Gasteiger partial charge in [0.05, 0.1) is 0 Å². The first-order valence-electron chi connectivity index (χ1n) is 4.49. The standard InChI is InChI=1S/C10H19NO2/c1-8(9(12)13)6-5-7-11-10(2,3)4/h11H,1,5-7H2,2-4H3,(H,12,13). The Morgan fingerprint density at radius 1 is 1.46 bits per heavy atom. The summed E-state index contributed by atoms with van der Waals surface area (Å²) in [7, 11) is 0. The summed E-state index contributed by atoms with van der Waals surface area (Å²) in [6.45, 7) is 10.5. The molecule has 0 amide bonds. The van der Waals surface area contributed by atoms with E-state index in [1.165, 1.54) is 0 Å². The monoisotopic (exact) mass is 185 g/mol. The Labute approximate surface area is 79.8 Å². The molecular formula is C10H19NO2. The highest BCUT2D eigenvalue weighted by molar-refractivity contribution is 5.85. The number of carboxylic acids is 1. The average Bonchev–Trinajstić information content (AvgIpc) is 1.95. The molecule has 0 unspecified atom stereocenters. The lowest BCUT2D eigenvalue weighted by Gasteiger charge is -2.20. The van der Waals surface area contributed by atoms with Crippen molar-refractivity contribution >= 4 is 5.97 Å². The smallest absolute Gasteiger partial charge is 0.330 e. The van der Waals surface area contributed by atoms with Crippen molar-refractivity contribution in [1.29, 1.82) is 0 Å². The van der Waals surface area contributed by atoms with Gasteiger partial charge in [0.25, 0.3) is 0 Å². The second kappa shape index (κ2) is 5.02. The van der Waals surface area contributed by atoms with Crippen LogP contribution in [0.3, 0.4) is 0 Å². The Morgan fingerprint density at radius 3 is 2.38 bits per heavy atom. The van der Waals surface area contributed by atoms with Crippen LogP contribution in [0.1, 0.15) is 33.6 Å². The van der Waals surface area contributed by atoms with E-state index in [1.807, 2.05) is 0 Å². The molecule has 76 valence electrons. The van der Waals surface area contributed by atoms with Crippen LogP contribution >= 0.6 is 0 Å². The molecule has 0 atom stereocenters. The highest BCUT2D eigenvalue weighted by Crippen LogP contribution is 2.03. The van der Waals surface area contributed by atoms with Crippen molar-refractivity contribution < 1.29 is 9.90 Å². The highest BCUT2D eigenvalue weighted by atomic mass is 16.4. The first kappa shape index (κ1) is 12.2. The topological polar surface area (TPSA) is 49.3 Å². The van der Waals surface area contributed by atoms with Crippen molar-refractivity contribution in [3.63, 3.8) is 0 Å². The van der Waals surface area contributed by atoms with Crippen LogP contribution in [-0.4, -0.2) is 23.2 Å². The van der Waals surface area contributed by atoms with Crippen molar-refractivity contribution in [2.75, 3.05) is 6.54 Å². The van der Waals surface area contributed by atoms with Crippen molar-refractivity contribution in [1.82, 2.24) is 5.32 Å². The molecule has 0 bridgehead atoms. The summed E-state index contributed by atoms with van der Waals surface area (Å²) in [6.07, 6.45) is 1.38. The molecule has 0 aliphatic carbocycles.